The topological polar surface area (TPSA) is 63.1 Å². The highest BCUT2D eigenvalue weighted by molar-refractivity contribution is 5.82. The van der Waals surface area contributed by atoms with Gasteiger partial charge in [-0.3, -0.25) is 9.69 Å². The molecule has 31 heavy (non-hydrogen) atoms. The van der Waals surface area contributed by atoms with Crippen LogP contribution in [0.1, 0.15) is 30.5 Å². The fourth-order valence-corrected chi connectivity index (χ4v) is 5.23. The number of aromatic amines is 1. The standard InChI is InChI=1S/C25H25FN4O/c26-23-5-1-3-18-13-19(28-25(31)24(18)23)4-2-12-30-21-10-11-22(30)16-29(15-21)20-8-6-17(14-27)7-9-20/h1,3,5-9,13,21-22H,2,4,10-12,15-16H2,(H,28,31). The van der Waals surface area contributed by atoms with E-state index in [0.717, 1.165) is 38.2 Å². The van der Waals surface area contributed by atoms with E-state index in [2.05, 4.69) is 20.9 Å². The van der Waals surface area contributed by atoms with E-state index >= 15 is 0 Å². The van der Waals surface area contributed by atoms with Gasteiger partial charge in [-0.15, -0.1) is 0 Å². The minimum Gasteiger partial charge on any atom is -0.368 e. The van der Waals surface area contributed by atoms with Crippen molar-refractivity contribution in [2.75, 3.05) is 24.5 Å². The van der Waals surface area contributed by atoms with Gasteiger partial charge in [-0.05, 0) is 74.0 Å². The monoisotopic (exact) mass is 416 g/mol. The maximum atomic E-state index is 13.9. The van der Waals surface area contributed by atoms with Crippen LogP contribution in [0.25, 0.3) is 10.8 Å². The minimum absolute atomic E-state index is 0.142. The van der Waals surface area contributed by atoms with Crippen LogP contribution in [0.2, 0.25) is 0 Å². The second kappa shape index (κ2) is 8.16. The summed E-state index contributed by atoms with van der Waals surface area (Å²) in [4.78, 5) is 20.2. The molecule has 3 aromatic rings. The number of hydrogen-bond donors (Lipinski definition) is 1. The number of nitriles is 1. The number of H-pyrrole nitrogens is 1. The molecule has 3 heterocycles. The fourth-order valence-electron chi connectivity index (χ4n) is 5.23. The number of piperazine rings is 1. The first-order valence-corrected chi connectivity index (χ1v) is 10.9. The summed E-state index contributed by atoms with van der Waals surface area (Å²) in [5.41, 5.74) is 2.41. The number of anilines is 1. The summed E-state index contributed by atoms with van der Waals surface area (Å²) in [6, 6.07) is 17.8. The average molecular weight is 417 g/mol. The van der Waals surface area contributed by atoms with Gasteiger partial charge >= 0.3 is 0 Å². The van der Waals surface area contributed by atoms with Crippen molar-refractivity contribution in [2.45, 2.75) is 37.8 Å². The van der Waals surface area contributed by atoms with Gasteiger partial charge in [0.25, 0.3) is 5.56 Å². The van der Waals surface area contributed by atoms with Crippen molar-refractivity contribution in [2.24, 2.45) is 0 Å². The van der Waals surface area contributed by atoms with Crippen LogP contribution in [0.4, 0.5) is 10.1 Å². The summed E-state index contributed by atoms with van der Waals surface area (Å²) in [6.07, 6.45) is 4.16. The van der Waals surface area contributed by atoms with E-state index in [4.69, 9.17) is 5.26 Å². The van der Waals surface area contributed by atoms with Gasteiger partial charge in [0.1, 0.15) is 5.82 Å². The van der Waals surface area contributed by atoms with Gasteiger partial charge in [-0.25, -0.2) is 4.39 Å². The molecule has 2 atom stereocenters. The van der Waals surface area contributed by atoms with Gasteiger partial charge in [0.2, 0.25) is 0 Å². The summed E-state index contributed by atoms with van der Waals surface area (Å²) in [6.45, 7) is 3.02. The molecule has 0 aliphatic carbocycles. The first-order valence-electron chi connectivity index (χ1n) is 10.9. The zero-order valence-electron chi connectivity index (χ0n) is 17.4. The third kappa shape index (κ3) is 3.82. The molecule has 2 fully saturated rings. The van der Waals surface area contributed by atoms with Crippen LogP contribution in [0.5, 0.6) is 0 Å². The van der Waals surface area contributed by atoms with Crippen LogP contribution in [0.15, 0.2) is 53.3 Å². The Bertz CT molecular complexity index is 1180. The Morgan fingerprint density at radius 1 is 1.10 bits per heavy atom. The first-order chi connectivity index (χ1) is 15.1. The molecule has 5 rings (SSSR count). The highest BCUT2D eigenvalue weighted by Crippen LogP contribution is 2.33. The first kappa shape index (κ1) is 19.8. The maximum absolute atomic E-state index is 13.9. The van der Waals surface area contributed by atoms with Crippen molar-refractivity contribution in [3.63, 3.8) is 0 Å². The third-order valence-electron chi connectivity index (χ3n) is 6.73. The molecule has 2 aliphatic rings. The fraction of sp³-hybridized carbons (Fsp3) is 0.360. The summed E-state index contributed by atoms with van der Waals surface area (Å²) >= 11 is 0. The predicted molar refractivity (Wildman–Crippen MR) is 120 cm³/mol. The number of hydrogen-bond acceptors (Lipinski definition) is 4. The van der Waals surface area contributed by atoms with Crippen molar-refractivity contribution in [1.82, 2.24) is 9.88 Å². The van der Waals surface area contributed by atoms with Gasteiger partial charge in [0.15, 0.2) is 0 Å². The molecule has 2 saturated heterocycles. The van der Waals surface area contributed by atoms with E-state index in [-0.39, 0.29) is 10.9 Å². The van der Waals surface area contributed by atoms with Gasteiger partial charge in [-0.1, -0.05) is 12.1 Å². The molecule has 1 N–H and O–H groups in total. The molecule has 5 nitrogen and oxygen atoms in total. The lowest BCUT2D eigenvalue weighted by molar-refractivity contribution is 0.167. The van der Waals surface area contributed by atoms with Crippen LogP contribution in [0, 0.1) is 17.1 Å². The Morgan fingerprint density at radius 3 is 2.55 bits per heavy atom. The van der Waals surface area contributed by atoms with Crippen LogP contribution < -0.4 is 10.5 Å². The smallest absolute Gasteiger partial charge is 0.258 e. The van der Waals surface area contributed by atoms with Crippen LogP contribution >= 0.6 is 0 Å². The molecule has 2 aliphatic heterocycles. The number of fused-ring (bicyclic) bond motifs is 3. The van der Waals surface area contributed by atoms with E-state index in [1.807, 2.05) is 30.3 Å². The molecule has 0 saturated carbocycles. The second-order valence-corrected chi connectivity index (χ2v) is 8.62. The van der Waals surface area contributed by atoms with Crippen LogP contribution in [-0.2, 0) is 6.42 Å². The van der Waals surface area contributed by atoms with E-state index in [9.17, 15) is 9.18 Å². The average Bonchev–Trinajstić information content (AvgIpc) is 3.01. The van der Waals surface area contributed by atoms with Crippen molar-refractivity contribution in [1.29, 1.82) is 5.26 Å². The Balaban J connectivity index is 1.22. The quantitative estimate of drug-likeness (QED) is 0.687. The molecule has 2 aromatic carbocycles. The molecular weight excluding hydrogens is 391 g/mol. The molecule has 0 amide bonds. The van der Waals surface area contributed by atoms with Gasteiger partial charge in [0.05, 0.1) is 17.0 Å². The van der Waals surface area contributed by atoms with E-state index in [0.29, 0.717) is 23.0 Å². The predicted octanol–water partition coefficient (Wildman–Crippen LogP) is 3.82. The number of aromatic nitrogens is 1. The van der Waals surface area contributed by atoms with Gasteiger partial charge in [0, 0.05) is 36.6 Å². The Labute approximate surface area is 180 Å². The summed E-state index contributed by atoms with van der Waals surface area (Å²) in [5.74, 6) is -0.470. The Kier molecular flexibility index (Phi) is 5.21. The van der Waals surface area contributed by atoms with Gasteiger partial charge < -0.3 is 9.88 Å². The van der Waals surface area contributed by atoms with Gasteiger partial charge in [-0.2, -0.15) is 5.26 Å². The normalized spacial score (nSPS) is 20.8. The van der Waals surface area contributed by atoms with E-state index in [1.165, 1.54) is 24.6 Å². The van der Waals surface area contributed by atoms with E-state index < -0.39 is 5.82 Å². The Morgan fingerprint density at radius 2 is 1.84 bits per heavy atom. The number of pyridine rings is 1. The lowest BCUT2D eigenvalue weighted by atomic mass is 10.1. The zero-order valence-corrected chi connectivity index (χ0v) is 17.4. The molecule has 0 radical (unpaired) electrons. The number of rotatable bonds is 5. The van der Waals surface area contributed by atoms with Crippen molar-refractivity contribution in [3.8, 4) is 6.07 Å². The van der Waals surface area contributed by atoms with Crippen molar-refractivity contribution < 1.29 is 4.39 Å². The molecule has 6 heteroatoms. The molecule has 1 aromatic heterocycles. The van der Waals surface area contributed by atoms with E-state index in [1.54, 1.807) is 12.1 Å². The van der Waals surface area contributed by atoms with Crippen LogP contribution in [0.3, 0.4) is 0 Å². The number of nitrogens with zero attached hydrogens (tertiary/aromatic N) is 3. The van der Waals surface area contributed by atoms with Crippen LogP contribution in [-0.4, -0.2) is 41.6 Å². The molecule has 158 valence electrons. The SMILES string of the molecule is N#Cc1ccc(N2CC3CCC(C2)N3CCCc2cc3cccc(F)c3c(=O)[nH]2)cc1. The molecule has 2 unspecified atom stereocenters. The lowest BCUT2D eigenvalue weighted by Crippen LogP contribution is -2.54. The Hall–Kier alpha value is -3.17. The summed E-state index contributed by atoms with van der Waals surface area (Å²) in [5, 5.41) is 9.81. The third-order valence-corrected chi connectivity index (χ3v) is 6.73. The summed E-state index contributed by atoms with van der Waals surface area (Å²) in [7, 11) is 0. The highest BCUT2D eigenvalue weighted by Gasteiger charge is 2.39. The van der Waals surface area contributed by atoms with Crippen molar-refractivity contribution >= 4 is 16.5 Å². The molecular formula is C25H25FN4O. The minimum atomic E-state index is -0.470. The zero-order chi connectivity index (χ0) is 21.4. The number of benzene rings is 2. The number of halogens is 1. The second-order valence-electron chi connectivity index (χ2n) is 8.62. The molecule has 0 spiro atoms. The number of aryl methyl sites for hydroxylation is 1. The number of nitrogens with one attached hydrogen (secondary N) is 1. The summed E-state index contributed by atoms with van der Waals surface area (Å²) < 4.78 is 13.9. The highest BCUT2D eigenvalue weighted by atomic mass is 19.1. The lowest BCUT2D eigenvalue weighted by Gasteiger charge is -2.42. The van der Waals surface area contributed by atoms with Crippen molar-refractivity contribution in [3.05, 3.63) is 76.0 Å². The largest absolute Gasteiger partial charge is 0.368 e. The molecule has 2 bridgehead atoms. The maximum Gasteiger partial charge on any atom is 0.258 e.